The number of carbonyl (C=O) groups is 2. The number of rotatable bonds is 4. The van der Waals surface area contributed by atoms with Crippen LogP contribution >= 0.6 is 0 Å². The first kappa shape index (κ1) is 16.1. The van der Waals surface area contributed by atoms with E-state index in [0.29, 0.717) is 23.8 Å². The monoisotopic (exact) mass is 324 g/mol. The average Bonchev–Trinajstić information content (AvgIpc) is 2.90. The van der Waals surface area contributed by atoms with E-state index in [0.717, 1.165) is 12.1 Å². The highest BCUT2D eigenvalue weighted by Crippen LogP contribution is 2.31. The summed E-state index contributed by atoms with van der Waals surface area (Å²) in [7, 11) is 1.34. The number of carbonyl (C=O) groups excluding carboxylic acids is 2. The van der Waals surface area contributed by atoms with Crippen molar-refractivity contribution in [3.05, 3.63) is 59.7 Å². The van der Waals surface area contributed by atoms with Crippen molar-refractivity contribution in [1.82, 2.24) is 0 Å². The van der Waals surface area contributed by atoms with Gasteiger partial charge in [0.25, 0.3) is 0 Å². The highest BCUT2D eigenvalue weighted by atomic mass is 16.5. The fourth-order valence-corrected chi connectivity index (χ4v) is 3.03. The molecule has 1 atom stereocenters. The summed E-state index contributed by atoms with van der Waals surface area (Å²) in [5.41, 5.74) is 3.52. The molecule has 0 spiro atoms. The van der Waals surface area contributed by atoms with Crippen LogP contribution in [0, 0.1) is 0 Å². The highest BCUT2D eigenvalue weighted by molar-refractivity contribution is 5.95. The number of methoxy groups -OCH3 is 1. The molecule has 1 aliphatic heterocycles. The molecule has 2 aromatic carbocycles. The fourth-order valence-electron chi connectivity index (χ4n) is 3.03. The molecule has 0 aromatic heterocycles. The Bertz CT molecular complexity index is 755. The van der Waals surface area contributed by atoms with E-state index in [1.54, 1.807) is 24.3 Å². The van der Waals surface area contributed by atoms with Gasteiger partial charge in [-0.05, 0) is 49.2 Å². The summed E-state index contributed by atoms with van der Waals surface area (Å²) >= 11 is 0. The van der Waals surface area contributed by atoms with Crippen molar-refractivity contribution in [2.75, 3.05) is 23.9 Å². The molecule has 0 saturated carbocycles. The third kappa shape index (κ3) is 3.25. The van der Waals surface area contributed by atoms with Crippen molar-refractivity contribution in [1.29, 1.82) is 0 Å². The minimum absolute atomic E-state index is 0.0793. The molecule has 1 N–H and O–H groups in total. The number of para-hydroxylation sites is 1. The first-order chi connectivity index (χ1) is 11.6. The Balaban J connectivity index is 1.65. The quantitative estimate of drug-likeness (QED) is 0.879. The summed E-state index contributed by atoms with van der Waals surface area (Å²) in [6.07, 6.45) is 0.956. The number of hydrogen-bond donors (Lipinski definition) is 1. The van der Waals surface area contributed by atoms with Crippen LogP contribution in [-0.4, -0.2) is 31.6 Å². The topological polar surface area (TPSA) is 58.6 Å². The van der Waals surface area contributed by atoms with Crippen molar-refractivity contribution in [3.8, 4) is 0 Å². The Morgan fingerprint density at radius 3 is 2.58 bits per heavy atom. The van der Waals surface area contributed by atoms with E-state index in [1.807, 2.05) is 12.1 Å². The van der Waals surface area contributed by atoms with Crippen molar-refractivity contribution >= 4 is 23.3 Å². The molecule has 0 saturated heterocycles. The van der Waals surface area contributed by atoms with E-state index in [2.05, 4.69) is 34.0 Å². The van der Waals surface area contributed by atoms with Crippen molar-refractivity contribution in [2.45, 2.75) is 19.4 Å². The van der Waals surface area contributed by atoms with Crippen LogP contribution in [0.4, 0.5) is 11.4 Å². The molecule has 0 bridgehead atoms. The molecule has 0 aliphatic carbocycles. The smallest absolute Gasteiger partial charge is 0.337 e. The van der Waals surface area contributed by atoms with Crippen molar-refractivity contribution in [2.24, 2.45) is 0 Å². The average molecular weight is 324 g/mol. The molecule has 5 heteroatoms. The van der Waals surface area contributed by atoms with Gasteiger partial charge in [-0.3, -0.25) is 4.79 Å². The Morgan fingerprint density at radius 1 is 1.17 bits per heavy atom. The van der Waals surface area contributed by atoms with Gasteiger partial charge in [0.05, 0.1) is 19.2 Å². The van der Waals surface area contributed by atoms with E-state index in [1.165, 1.54) is 12.7 Å². The number of esters is 1. The van der Waals surface area contributed by atoms with Crippen LogP contribution in [0.25, 0.3) is 0 Å². The highest BCUT2D eigenvalue weighted by Gasteiger charge is 2.26. The first-order valence-corrected chi connectivity index (χ1v) is 7.91. The second kappa shape index (κ2) is 6.74. The predicted octanol–water partition coefficient (Wildman–Crippen LogP) is 2.86. The zero-order valence-electron chi connectivity index (χ0n) is 13.8. The normalized spacial score (nSPS) is 15.8. The largest absolute Gasteiger partial charge is 0.465 e. The summed E-state index contributed by atoms with van der Waals surface area (Å²) in [6.45, 7) is 2.43. The number of ether oxygens (including phenoxy) is 1. The van der Waals surface area contributed by atoms with E-state index in [4.69, 9.17) is 0 Å². The van der Waals surface area contributed by atoms with Gasteiger partial charge < -0.3 is 15.0 Å². The molecular weight excluding hydrogens is 304 g/mol. The Morgan fingerprint density at radius 2 is 1.88 bits per heavy atom. The van der Waals surface area contributed by atoms with Crippen LogP contribution in [-0.2, 0) is 16.0 Å². The van der Waals surface area contributed by atoms with E-state index >= 15 is 0 Å². The number of benzene rings is 2. The van der Waals surface area contributed by atoms with Crippen LogP contribution in [0.1, 0.15) is 22.8 Å². The zero-order chi connectivity index (χ0) is 17.1. The van der Waals surface area contributed by atoms with Crippen LogP contribution in [0.15, 0.2) is 48.5 Å². The van der Waals surface area contributed by atoms with Gasteiger partial charge in [-0.1, -0.05) is 18.2 Å². The standard InChI is InChI=1S/C19H20N2O3/c1-13-11-15-5-3-4-6-17(15)21(13)12-18(22)20-16-9-7-14(8-10-16)19(23)24-2/h3-10,13H,11-12H2,1-2H3,(H,20,22)/t13-/m1/s1. The molecular formula is C19H20N2O3. The molecule has 0 unspecified atom stereocenters. The Kier molecular flexibility index (Phi) is 4.51. The lowest BCUT2D eigenvalue weighted by Gasteiger charge is -2.24. The second-order valence-corrected chi connectivity index (χ2v) is 5.93. The molecule has 1 amide bonds. The minimum atomic E-state index is -0.393. The van der Waals surface area contributed by atoms with Crippen molar-refractivity contribution < 1.29 is 14.3 Å². The molecule has 5 nitrogen and oxygen atoms in total. The number of nitrogens with zero attached hydrogens (tertiary/aromatic N) is 1. The summed E-state index contributed by atoms with van der Waals surface area (Å²) in [4.78, 5) is 25.9. The lowest BCUT2D eigenvalue weighted by atomic mass is 10.1. The molecule has 24 heavy (non-hydrogen) atoms. The third-order valence-electron chi connectivity index (χ3n) is 4.25. The maximum absolute atomic E-state index is 12.4. The lowest BCUT2D eigenvalue weighted by Crippen LogP contribution is -2.37. The van der Waals surface area contributed by atoms with E-state index < -0.39 is 5.97 Å². The van der Waals surface area contributed by atoms with Gasteiger partial charge in [0.2, 0.25) is 5.91 Å². The van der Waals surface area contributed by atoms with Crippen LogP contribution < -0.4 is 10.2 Å². The van der Waals surface area contributed by atoms with Gasteiger partial charge >= 0.3 is 5.97 Å². The van der Waals surface area contributed by atoms with Crippen LogP contribution in [0.3, 0.4) is 0 Å². The van der Waals surface area contributed by atoms with Gasteiger partial charge in [-0.2, -0.15) is 0 Å². The van der Waals surface area contributed by atoms with E-state index in [9.17, 15) is 9.59 Å². The molecule has 2 aromatic rings. The number of nitrogens with one attached hydrogen (secondary N) is 1. The van der Waals surface area contributed by atoms with Gasteiger partial charge in [0, 0.05) is 17.4 Å². The van der Waals surface area contributed by atoms with Crippen molar-refractivity contribution in [3.63, 3.8) is 0 Å². The number of anilines is 2. The van der Waals surface area contributed by atoms with Gasteiger partial charge in [0.15, 0.2) is 0 Å². The number of fused-ring (bicyclic) bond motifs is 1. The molecule has 124 valence electrons. The fraction of sp³-hybridized carbons (Fsp3) is 0.263. The summed E-state index contributed by atoms with van der Waals surface area (Å²) in [6, 6.07) is 15.1. The zero-order valence-corrected chi connectivity index (χ0v) is 13.8. The SMILES string of the molecule is COC(=O)c1ccc(NC(=O)CN2c3ccccc3C[C@H]2C)cc1. The third-order valence-corrected chi connectivity index (χ3v) is 4.25. The lowest BCUT2D eigenvalue weighted by molar-refractivity contribution is -0.115. The summed E-state index contributed by atoms with van der Waals surface area (Å²) in [5, 5.41) is 2.87. The maximum Gasteiger partial charge on any atom is 0.337 e. The second-order valence-electron chi connectivity index (χ2n) is 5.93. The minimum Gasteiger partial charge on any atom is -0.465 e. The van der Waals surface area contributed by atoms with Gasteiger partial charge in [0.1, 0.15) is 0 Å². The first-order valence-electron chi connectivity index (χ1n) is 7.91. The maximum atomic E-state index is 12.4. The Labute approximate surface area is 141 Å². The van der Waals surface area contributed by atoms with Crippen LogP contribution in [0.2, 0.25) is 0 Å². The molecule has 1 aliphatic rings. The Hall–Kier alpha value is -2.82. The molecule has 1 heterocycles. The van der Waals surface area contributed by atoms with Crippen LogP contribution in [0.5, 0.6) is 0 Å². The summed E-state index contributed by atoms with van der Waals surface area (Å²) < 4.78 is 4.66. The van der Waals surface area contributed by atoms with Gasteiger partial charge in [-0.15, -0.1) is 0 Å². The molecule has 3 rings (SSSR count). The van der Waals surface area contributed by atoms with Gasteiger partial charge in [-0.25, -0.2) is 4.79 Å². The summed E-state index contributed by atoms with van der Waals surface area (Å²) in [5.74, 6) is -0.472. The van der Waals surface area contributed by atoms with E-state index in [-0.39, 0.29) is 5.91 Å². The number of amides is 1. The predicted molar refractivity (Wildman–Crippen MR) is 93.4 cm³/mol. The number of hydrogen-bond acceptors (Lipinski definition) is 4. The molecule has 0 radical (unpaired) electrons. The molecule has 0 fully saturated rings.